The van der Waals surface area contributed by atoms with Crippen LogP contribution in [0.3, 0.4) is 0 Å². The van der Waals surface area contributed by atoms with Gasteiger partial charge in [0.15, 0.2) is 5.69 Å². The molecule has 0 radical (unpaired) electrons. The number of amides is 1. The highest BCUT2D eigenvalue weighted by Gasteiger charge is 2.11. The Bertz CT molecular complexity index is 538. The number of anilines is 1. The predicted molar refractivity (Wildman–Crippen MR) is 65.1 cm³/mol. The summed E-state index contributed by atoms with van der Waals surface area (Å²) in [4.78, 5) is 11.8. The van der Waals surface area contributed by atoms with Crippen LogP contribution in [0.2, 0.25) is 0 Å². The third-order valence-corrected chi connectivity index (χ3v) is 2.34. The molecule has 2 rings (SSSR count). The Morgan fingerprint density at radius 3 is 2.29 bits per heavy atom. The van der Waals surface area contributed by atoms with Gasteiger partial charge in [-0.15, -0.1) is 0 Å². The number of carbonyl (C=O) groups is 1. The van der Waals surface area contributed by atoms with E-state index < -0.39 is 0 Å². The quantitative estimate of drug-likeness (QED) is 0.863. The van der Waals surface area contributed by atoms with E-state index in [-0.39, 0.29) is 5.91 Å². The molecular weight excluding hydrogens is 216 g/mol. The lowest BCUT2D eigenvalue weighted by atomic mass is 10.1. The largest absolute Gasteiger partial charge is 0.361 e. The number of nitrogens with one attached hydrogen (secondary N) is 1. The zero-order valence-corrected chi connectivity index (χ0v) is 10.1. The van der Waals surface area contributed by atoms with Crippen LogP contribution < -0.4 is 5.32 Å². The van der Waals surface area contributed by atoms with Crippen LogP contribution in [0.25, 0.3) is 0 Å². The molecule has 1 aromatic carbocycles. The molecule has 0 spiro atoms. The minimum absolute atomic E-state index is 0.258. The van der Waals surface area contributed by atoms with Gasteiger partial charge in [-0.25, -0.2) is 0 Å². The zero-order valence-electron chi connectivity index (χ0n) is 10.1. The number of nitrogens with zero attached hydrogens (tertiary/aromatic N) is 1. The maximum Gasteiger partial charge on any atom is 0.277 e. The number of aryl methyl sites for hydroxylation is 3. The molecule has 4 heteroatoms. The number of aromatic nitrogens is 1. The van der Waals surface area contributed by atoms with Gasteiger partial charge in [-0.3, -0.25) is 4.79 Å². The van der Waals surface area contributed by atoms with E-state index >= 15 is 0 Å². The van der Waals surface area contributed by atoms with Gasteiger partial charge in [0.05, 0.1) is 0 Å². The van der Waals surface area contributed by atoms with Crippen molar-refractivity contribution in [1.29, 1.82) is 0 Å². The minimum atomic E-state index is -0.258. The molecule has 4 nitrogen and oxygen atoms in total. The first kappa shape index (κ1) is 11.4. The maximum atomic E-state index is 11.8. The summed E-state index contributed by atoms with van der Waals surface area (Å²) in [5, 5.41) is 6.46. The molecule has 0 aliphatic heterocycles. The lowest BCUT2D eigenvalue weighted by molar-refractivity contribution is 0.101. The first-order valence-corrected chi connectivity index (χ1v) is 5.37. The first-order valence-electron chi connectivity index (χ1n) is 5.37. The highest BCUT2D eigenvalue weighted by molar-refractivity contribution is 6.02. The fourth-order valence-corrected chi connectivity index (χ4v) is 1.72. The topological polar surface area (TPSA) is 55.1 Å². The molecule has 1 aromatic heterocycles. The standard InChI is InChI=1S/C13H14N2O2/c1-8-4-9(2)6-11(5-8)14-13(16)12-7-10(3)17-15-12/h4-7H,1-3H3,(H,14,16). The summed E-state index contributed by atoms with van der Waals surface area (Å²) in [5.74, 6) is 0.363. The smallest absolute Gasteiger partial charge is 0.277 e. The number of hydrogen-bond acceptors (Lipinski definition) is 3. The molecule has 0 saturated carbocycles. The number of rotatable bonds is 2. The molecule has 0 aliphatic carbocycles. The van der Waals surface area contributed by atoms with Gasteiger partial charge in [0.1, 0.15) is 5.76 Å². The van der Waals surface area contributed by atoms with Crippen LogP contribution in [0.15, 0.2) is 28.8 Å². The van der Waals surface area contributed by atoms with Gasteiger partial charge in [-0.1, -0.05) is 11.2 Å². The second kappa shape index (κ2) is 4.41. The van der Waals surface area contributed by atoms with Crippen LogP contribution in [0.4, 0.5) is 5.69 Å². The Hall–Kier alpha value is -2.10. The molecule has 0 saturated heterocycles. The SMILES string of the molecule is Cc1cc(C)cc(NC(=O)c2cc(C)on2)c1. The highest BCUT2D eigenvalue weighted by Crippen LogP contribution is 2.14. The van der Waals surface area contributed by atoms with Crippen LogP contribution in [0.1, 0.15) is 27.4 Å². The zero-order chi connectivity index (χ0) is 12.4. The fourth-order valence-electron chi connectivity index (χ4n) is 1.72. The summed E-state index contributed by atoms with van der Waals surface area (Å²) < 4.78 is 4.86. The lowest BCUT2D eigenvalue weighted by Gasteiger charge is -2.05. The van der Waals surface area contributed by atoms with Crippen LogP contribution in [0.5, 0.6) is 0 Å². The van der Waals surface area contributed by atoms with Gasteiger partial charge in [0, 0.05) is 11.8 Å². The van der Waals surface area contributed by atoms with Crippen molar-refractivity contribution in [3.05, 3.63) is 46.8 Å². The van der Waals surface area contributed by atoms with E-state index in [9.17, 15) is 4.79 Å². The van der Waals surface area contributed by atoms with E-state index in [0.29, 0.717) is 11.5 Å². The van der Waals surface area contributed by atoms with Crippen LogP contribution >= 0.6 is 0 Å². The number of hydrogen-bond donors (Lipinski definition) is 1. The van der Waals surface area contributed by atoms with Gasteiger partial charge < -0.3 is 9.84 Å². The molecular formula is C13H14N2O2. The Morgan fingerprint density at radius 1 is 1.12 bits per heavy atom. The third kappa shape index (κ3) is 2.72. The van der Waals surface area contributed by atoms with Gasteiger partial charge in [0.2, 0.25) is 0 Å². The average Bonchev–Trinajstić information content (AvgIpc) is 2.63. The van der Waals surface area contributed by atoms with Crippen LogP contribution in [0, 0.1) is 20.8 Å². The van der Waals surface area contributed by atoms with E-state index in [2.05, 4.69) is 16.5 Å². The number of benzene rings is 1. The molecule has 1 amide bonds. The van der Waals surface area contributed by atoms with Crippen molar-refractivity contribution in [3.8, 4) is 0 Å². The first-order chi connectivity index (χ1) is 8.04. The Labute approximate surface area is 99.6 Å². The predicted octanol–water partition coefficient (Wildman–Crippen LogP) is 2.85. The van der Waals surface area contributed by atoms with Crippen molar-refractivity contribution >= 4 is 11.6 Å². The van der Waals surface area contributed by atoms with Crippen molar-refractivity contribution in [1.82, 2.24) is 5.16 Å². The van der Waals surface area contributed by atoms with E-state index in [1.165, 1.54) is 0 Å². The molecule has 0 bridgehead atoms. The van der Waals surface area contributed by atoms with Gasteiger partial charge in [0.25, 0.3) is 5.91 Å². The number of carbonyl (C=O) groups excluding carboxylic acids is 1. The highest BCUT2D eigenvalue weighted by atomic mass is 16.5. The fraction of sp³-hybridized carbons (Fsp3) is 0.231. The van der Waals surface area contributed by atoms with E-state index in [4.69, 9.17) is 4.52 Å². The van der Waals surface area contributed by atoms with E-state index in [1.54, 1.807) is 13.0 Å². The van der Waals surface area contributed by atoms with Gasteiger partial charge in [-0.05, 0) is 44.0 Å². The summed E-state index contributed by atoms with van der Waals surface area (Å²) in [6.45, 7) is 5.73. The van der Waals surface area contributed by atoms with Crippen LogP contribution in [-0.2, 0) is 0 Å². The molecule has 1 heterocycles. The molecule has 0 aliphatic rings. The normalized spacial score (nSPS) is 10.3. The molecule has 17 heavy (non-hydrogen) atoms. The van der Waals surface area contributed by atoms with E-state index in [1.807, 2.05) is 26.0 Å². The molecule has 0 unspecified atom stereocenters. The van der Waals surface area contributed by atoms with Crippen molar-refractivity contribution in [3.63, 3.8) is 0 Å². The van der Waals surface area contributed by atoms with Crippen molar-refractivity contribution < 1.29 is 9.32 Å². The molecule has 2 aromatic rings. The monoisotopic (exact) mass is 230 g/mol. The summed E-state index contributed by atoms with van der Waals surface area (Å²) in [6.07, 6.45) is 0. The Kier molecular flexibility index (Phi) is 2.95. The minimum Gasteiger partial charge on any atom is -0.361 e. The summed E-state index contributed by atoms with van der Waals surface area (Å²) in [6, 6.07) is 7.49. The summed E-state index contributed by atoms with van der Waals surface area (Å²) in [7, 11) is 0. The van der Waals surface area contributed by atoms with Crippen molar-refractivity contribution in [2.45, 2.75) is 20.8 Å². The molecule has 1 N–H and O–H groups in total. The molecule has 88 valence electrons. The van der Waals surface area contributed by atoms with Gasteiger partial charge in [-0.2, -0.15) is 0 Å². The second-order valence-electron chi connectivity index (χ2n) is 4.15. The Morgan fingerprint density at radius 2 is 1.76 bits per heavy atom. The summed E-state index contributed by atoms with van der Waals surface area (Å²) in [5.41, 5.74) is 3.28. The van der Waals surface area contributed by atoms with Crippen molar-refractivity contribution in [2.75, 3.05) is 5.32 Å². The van der Waals surface area contributed by atoms with Crippen LogP contribution in [-0.4, -0.2) is 11.1 Å². The molecule has 0 fully saturated rings. The second-order valence-corrected chi connectivity index (χ2v) is 4.15. The Balaban J connectivity index is 2.18. The molecule has 0 atom stereocenters. The summed E-state index contributed by atoms with van der Waals surface area (Å²) >= 11 is 0. The average molecular weight is 230 g/mol. The third-order valence-electron chi connectivity index (χ3n) is 2.34. The van der Waals surface area contributed by atoms with Crippen molar-refractivity contribution in [2.24, 2.45) is 0 Å². The van der Waals surface area contributed by atoms with E-state index in [0.717, 1.165) is 16.8 Å². The maximum absolute atomic E-state index is 11.8. The lowest BCUT2D eigenvalue weighted by Crippen LogP contribution is -2.12. The van der Waals surface area contributed by atoms with Gasteiger partial charge >= 0.3 is 0 Å².